The van der Waals surface area contributed by atoms with Gasteiger partial charge in [0.2, 0.25) is 5.91 Å². The molecule has 4 aromatic carbocycles. The summed E-state index contributed by atoms with van der Waals surface area (Å²) in [5, 5.41) is 23.8. The van der Waals surface area contributed by atoms with Crippen LogP contribution in [0.15, 0.2) is 91.0 Å². The standard InChI is InChI=1S/C39H46N2O6/c1-27(31-21-20-29-10-7-8-11-32(29)22-31)41(2)25-35-24-36(30-18-16-28(26-42)17-19-30)47-39(46-35)33-12-9-13-34(23-33)40-37(43)14-5-3-4-6-15-38(44)45/h7-13,16-23,27,35-36,39,42H,3-6,14-15,24-26H2,1-2H3,(H,40,43)(H,44,45)/t27-,35-,36+,39+/m1/s1. The highest BCUT2D eigenvalue weighted by Gasteiger charge is 2.33. The summed E-state index contributed by atoms with van der Waals surface area (Å²) in [6.07, 6.45) is 3.21. The highest BCUT2D eigenvalue weighted by atomic mass is 16.7. The number of nitrogens with one attached hydrogen (secondary N) is 1. The number of hydrogen-bond acceptors (Lipinski definition) is 6. The van der Waals surface area contributed by atoms with E-state index in [2.05, 4.69) is 66.7 Å². The van der Waals surface area contributed by atoms with Crippen molar-refractivity contribution in [2.45, 2.75) is 83.0 Å². The number of anilines is 1. The molecule has 0 aromatic heterocycles. The monoisotopic (exact) mass is 638 g/mol. The fourth-order valence-electron chi connectivity index (χ4n) is 6.14. The van der Waals surface area contributed by atoms with E-state index in [0.717, 1.165) is 29.5 Å². The number of nitrogens with zero attached hydrogens (tertiary/aromatic N) is 1. The number of carboxylic acid groups (broad SMARTS) is 1. The first-order valence-electron chi connectivity index (χ1n) is 16.6. The number of benzene rings is 4. The Kier molecular flexibility index (Phi) is 12.1. The van der Waals surface area contributed by atoms with Gasteiger partial charge in [-0.1, -0.05) is 85.6 Å². The van der Waals surface area contributed by atoms with Crippen molar-refractivity contribution in [3.8, 4) is 0 Å². The molecule has 0 aliphatic carbocycles. The highest BCUT2D eigenvalue weighted by Crippen LogP contribution is 2.39. The Labute approximate surface area is 277 Å². The number of aliphatic hydroxyl groups is 1. The van der Waals surface area contributed by atoms with Crippen LogP contribution in [0.1, 0.15) is 92.6 Å². The van der Waals surface area contributed by atoms with Crippen LogP contribution >= 0.6 is 0 Å². The van der Waals surface area contributed by atoms with Crippen LogP contribution in [-0.2, 0) is 25.7 Å². The Morgan fingerprint density at radius 1 is 0.851 bits per heavy atom. The minimum Gasteiger partial charge on any atom is -0.481 e. The number of aliphatic hydroxyl groups excluding tert-OH is 1. The summed E-state index contributed by atoms with van der Waals surface area (Å²) in [5.41, 5.74) is 4.62. The van der Waals surface area contributed by atoms with Crippen molar-refractivity contribution in [3.63, 3.8) is 0 Å². The molecule has 47 heavy (non-hydrogen) atoms. The van der Waals surface area contributed by atoms with Crippen LogP contribution in [0.25, 0.3) is 10.8 Å². The summed E-state index contributed by atoms with van der Waals surface area (Å²) in [6, 6.07) is 30.7. The molecule has 4 aromatic rings. The zero-order chi connectivity index (χ0) is 33.2. The van der Waals surface area contributed by atoms with Gasteiger partial charge in [0.05, 0.1) is 18.8 Å². The van der Waals surface area contributed by atoms with Gasteiger partial charge in [-0.05, 0) is 72.5 Å². The number of carbonyl (C=O) groups is 2. The number of amides is 1. The first kappa shape index (κ1) is 34.3. The average molecular weight is 639 g/mol. The maximum atomic E-state index is 12.7. The minimum atomic E-state index is -0.784. The van der Waals surface area contributed by atoms with E-state index >= 15 is 0 Å². The molecule has 1 heterocycles. The topological polar surface area (TPSA) is 108 Å². The van der Waals surface area contributed by atoms with Crippen LogP contribution in [0.4, 0.5) is 5.69 Å². The zero-order valence-electron chi connectivity index (χ0n) is 27.3. The number of unbranched alkanes of at least 4 members (excludes halogenated alkanes) is 3. The van der Waals surface area contributed by atoms with E-state index in [1.807, 2.05) is 48.5 Å². The van der Waals surface area contributed by atoms with Gasteiger partial charge in [-0.15, -0.1) is 0 Å². The molecule has 4 atom stereocenters. The fraction of sp³-hybridized carbons (Fsp3) is 0.385. The SMILES string of the molecule is C[C@H](c1ccc2ccccc2c1)N(C)C[C@H]1C[C@@H](c2ccc(CO)cc2)O[C@@H](c2cccc(NC(=O)CCCCCCC(=O)O)c2)O1. The molecule has 8 nitrogen and oxygen atoms in total. The van der Waals surface area contributed by atoms with Crippen molar-refractivity contribution in [3.05, 3.63) is 113 Å². The third-order valence-corrected chi connectivity index (χ3v) is 9.01. The van der Waals surface area contributed by atoms with E-state index in [1.54, 1.807) is 0 Å². The number of fused-ring (bicyclic) bond motifs is 1. The van der Waals surface area contributed by atoms with Crippen LogP contribution in [0.5, 0.6) is 0 Å². The lowest BCUT2D eigenvalue weighted by atomic mass is 9.98. The summed E-state index contributed by atoms with van der Waals surface area (Å²) >= 11 is 0. The first-order chi connectivity index (χ1) is 22.8. The van der Waals surface area contributed by atoms with E-state index in [9.17, 15) is 14.7 Å². The van der Waals surface area contributed by atoms with E-state index in [4.69, 9.17) is 14.6 Å². The molecule has 3 N–H and O–H groups in total. The van der Waals surface area contributed by atoms with Gasteiger partial charge in [-0.3, -0.25) is 14.5 Å². The predicted octanol–water partition coefficient (Wildman–Crippen LogP) is 7.93. The molecule has 1 saturated heterocycles. The average Bonchev–Trinajstić information content (AvgIpc) is 3.09. The zero-order valence-corrected chi connectivity index (χ0v) is 27.3. The summed E-state index contributed by atoms with van der Waals surface area (Å²) in [6.45, 7) is 2.90. The Balaban J connectivity index is 1.27. The van der Waals surface area contributed by atoms with E-state index in [0.29, 0.717) is 37.9 Å². The van der Waals surface area contributed by atoms with Crippen molar-refractivity contribution >= 4 is 28.3 Å². The van der Waals surface area contributed by atoms with Crippen LogP contribution in [0.2, 0.25) is 0 Å². The van der Waals surface area contributed by atoms with Crippen LogP contribution in [0.3, 0.4) is 0 Å². The number of carbonyl (C=O) groups excluding carboxylic acids is 1. The summed E-state index contributed by atoms with van der Waals surface area (Å²) in [4.78, 5) is 25.7. The molecule has 1 aliphatic rings. The molecule has 0 unspecified atom stereocenters. The van der Waals surface area contributed by atoms with Gasteiger partial charge in [0.25, 0.3) is 0 Å². The molecule has 5 rings (SSSR count). The summed E-state index contributed by atoms with van der Waals surface area (Å²) < 4.78 is 13.2. The summed E-state index contributed by atoms with van der Waals surface area (Å²) in [7, 11) is 2.13. The largest absolute Gasteiger partial charge is 0.481 e. The Morgan fingerprint density at radius 3 is 2.34 bits per heavy atom. The highest BCUT2D eigenvalue weighted by molar-refractivity contribution is 5.90. The van der Waals surface area contributed by atoms with Crippen molar-refractivity contribution in [2.75, 3.05) is 18.9 Å². The number of hydrogen-bond donors (Lipinski definition) is 3. The number of rotatable bonds is 15. The van der Waals surface area contributed by atoms with Gasteiger partial charge in [0, 0.05) is 43.1 Å². The lowest BCUT2D eigenvalue weighted by molar-refractivity contribution is -0.253. The predicted molar refractivity (Wildman–Crippen MR) is 184 cm³/mol. The van der Waals surface area contributed by atoms with Crippen molar-refractivity contribution in [1.82, 2.24) is 4.90 Å². The van der Waals surface area contributed by atoms with Crippen LogP contribution in [0, 0.1) is 0 Å². The molecule has 0 bridgehead atoms. The maximum Gasteiger partial charge on any atom is 0.303 e. The van der Waals surface area contributed by atoms with Crippen molar-refractivity contribution < 1.29 is 29.3 Å². The molecule has 8 heteroatoms. The first-order valence-corrected chi connectivity index (χ1v) is 16.6. The third kappa shape index (κ3) is 9.72. The second-order valence-electron chi connectivity index (χ2n) is 12.6. The van der Waals surface area contributed by atoms with Gasteiger partial charge in [0.15, 0.2) is 6.29 Å². The number of likely N-dealkylation sites (N-methyl/N-ethyl adjacent to an activating group) is 1. The Hall–Kier alpha value is -4.08. The fourth-order valence-corrected chi connectivity index (χ4v) is 6.14. The van der Waals surface area contributed by atoms with E-state index in [-0.39, 0.29) is 37.2 Å². The molecule has 0 spiro atoms. The van der Waals surface area contributed by atoms with Gasteiger partial charge >= 0.3 is 5.97 Å². The molecule has 1 fully saturated rings. The smallest absolute Gasteiger partial charge is 0.303 e. The van der Waals surface area contributed by atoms with Crippen LogP contribution in [-0.4, -0.2) is 46.7 Å². The molecule has 1 aliphatic heterocycles. The second kappa shape index (κ2) is 16.7. The Morgan fingerprint density at radius 2 is 1.60 bits per heavy atom. The summed E-state index contributed by atoms with van der Waals surface area (Å²) in [5.74, 6) is -0.858. The molecule has 0 radical (unpaired) electrons. The molecule has 0 saturated carbocycles. The molecular formula is C39H46N2O6. The number of ether oxygens (including phenoxy) is 2. The van der Waals surface area contributed by atoms with E-state index in [1.165, 1.54) is 16.3 Å². The maximum absolute atomic E-state index is 12.7. The van der Waals surface area contributed by atoms with Gasteiger partial charge in [0.1, 0.15) is 0 Å². The van der Waals surface area contributed by atoms with Gasteiger partial charge in [-0.2, -0.15) is 0 Å². The lowest BCUT2D eigenvalue weighted by Gasteiger charge is -2.39. The molecular weight excluding hydrogens is 592 g/mol. The normalized spacial score (nSPS) is 18.7. The Bertz CT molecular complexity index is 1620. The minimum absolute atomic E-state index is 0.0130. The van der Waals surface area contributed by atoms with Gasteiger partial charge < -0.3 is 25.0 Å². The van der Waals surface area contributed by atoms with Crippen LogP contribution < -0.4 is 5.32 Å². The third-order valence-electron chi connectivity index (χ3n) is 9.01. The van der Waals surface area contributed by atoms with Crippen molar-refractivity contribution in [1.29, 1.82) is 0 Å². The quantitative estimate of drug-likeness (QED) is 0.114. The van der Waals surface area contributed by atoms with E-state index < -0.39 is 12.3 Å². The van der Waals surface area contributed by atoms with Gasteiger partial charge in [-0.25, -0.2) is 0 Å². The second-order valence-corrected chi connectivity index (χ2v) is 12.6. The number of carboxylic acids is 1. The number of aliphatic carboxylic acids is 1. The lowest BCUT2D eigenvalue weighted by Crippen LogP contribution is -2.38. The molecule has 1 amide bonds. The molecule has 248 valence electrons. The van der Waals surface area contributed by atoms with Crippen molar-refractivity contribution in [2.24, 2.45) is 0 Å².